The zero-order valence-electron chi connectivity index (χ0n) is 38.6. The van der Waals surface area contributed by atoms with Crippen LogP contribution in [0.15, 0.2) is 226 Å². The molecule has 3 heterocycles. The number of para-hydroxylation sites is 4. The van der Waals surface area contributed by atoms with E-state index in [2.05, 4.69) is 224 Å². The van der Waals surface area contributed by atoms with Gasteiger partial charge in [-0.3, -0.25) is 0 Å². The average molecular weight is 857 g/mol. The topological polar surface area (TPSA) is 19.1 Å². The van der Waals surface area contributed by atoms with Gasteiger partial charge in [-0.25, -0.2) is 0 Å². The van der Waals surface area contributed by atoms with Gasteiger partial charge < -0.3 is 13.9 Å². The fourth-order valence-corrected chi connectivity index (χ4v) is 10.0. The number of ether oxygens (including phenoxy) is 1. The average Bonchev–Trinajstić information content (AvgIpc) is 3.97. The maximum absolute atomic E-state index is 6.67. The molecule has 324 valence electrons. The highest BCUT2D eigenvalue weighted by Crippen LogP contribution is 2.59. The molecular weight excluding hydrogens is 801 g/mol. The van der Waals surface area contributed by atoms with Crippen LogP contribution < -0.4 is 4.74 Å². The van der Waals surface area contributed by atoms with Crippen LogP contribution in [0.1, 0.15) is 68.9 Å². The van der Waals surface area contributed by atoms with Gasteiger partial charge in [-0.1, -0.05) is 186 Å². The first-order valence-corrected chi connectivity index (χ1v) is 23.3. The lowest BCUT2D eigenvalue weighted by Crippen LogP contribution is -2.29. The zero-order valence-corrected chi connectivity index (χ0v) is 38.6. The van der Waals surface area contributed by atoms with Crippen LogP contribution in [0.4, 0.5) is 0 Å². The number of nitrogens with zero attached hydrogens (tertiary/aromatic N) is 2. The quantitative estimate of drug-likeness (QED) is 0.161. The standard InChI is InChI=1S/C55H36N2O.C3H8.C3H6.C2H6/c1-36-17-14-15-32-58-54-40(36)25-16-28-49(54)55(47-26-11-8-22-41(47)42-23-9-12-27-48(42)55)37-30-31-51-44(33-37)46-34-45-43-24-10-13-29-50(43)56(38-18-4-2-5-19-38)52(45)35-53(46)57(51)39-20-6-3-7-21-39;2*1-3-2;1-2/h2-35H,1H2;3H2,1-2H3;3H,1H2,2H3;1-2H3/b17-14-,32-15-;;;. The molecule has 3 heteroatoms. The first kappa shape index (κ1) is 43.4. The first-order chi connectivity index (χ1) is 32.5. The van der Waals surface area contributed by atoms with E-state index in [1.807, 2.05) is 32.9 Å². The molecule has 0 unspecified atom stereocenters. The number of benzene rings is 8. The Hall–Kier alpha value is -7.88. The molecular formula is C63H56N2O. The molecule has 0 saturated heterocycles. The van der Waals surface area contributed by atoms with E-state index in [-0.39, 0.29) is 0 Å². The minimum atomic E-state index is -0.696. The van der Waals surface area contributed by atoms with Gasteiger partial charge in [0.2, 0.25) is 0 Å². The second-order valence-corrected chi connectivity index (χ2v) is 16.4. The van der Waals surface area contributed by atoms with E-state index in [9.17, 15) is 0 Å². The van der Waals surface area contributed by atoms with E-state index < -0.39 is 5.41 Å². The Kier molecular flexibility index (Phi) is 12.3. The second kappa shape index (κ2) is 18.7. The van der Waals surface area contributed by atoms with E-state index in [1.54, 1.807) is 12.3 Å². The highest BCUT2D eigenvalue weighted by atomic mass is 16.5. The minimum absolute atomic E-state index is 0.696. The Morgan fingerprint density at radius 1 is 0.500 bits per heavy atom. The summed E-state index contributed by atoms with van der Waals surface area (Å²) in [5.41, 5.74) is 15.4. The Balaban J connectivity index is 0.000000644. The summed E-state index contributed by atoms with van der Waals surface area (Å²) in [6, 6.07) is 66.6. The molecule has 0 spiro atoms. The maximum Gasteiger partial charge on any atom is 0.139 e. The van der Waals surface area contributed by atoms with Gasteiger partial charge in [0.15, 0.2) is 0 Å². The first-order valence-electron chi connectivity index (χ1n) is 23.3. The smallest absolute Gasteiger partial charge is 0.139 e. The van der Waals surface area contributed by atoms with Crippen LogP contribution in [-0.2, 0) is 5.41 Å². The second-order valence-electron chi connectivity index (χ2n) is 16.4. The van der Waals surface area contributed by atoms with E-state index in [0.717, 1.165) is 44.9 Å². The normalized spacial score (nSPS) is 13.9. The molecule has 0 bridgehead atoms. The Morgan fingerprint density at radius 2 is 0.985 bits per heavy atom. The van der Waals surface area contributed by atoms with Crippen LogP contribution in [-0.4, -0.2) is 9.13 Å². The molecule has 2 aliphatic rings. The molecule has 0 N–H and O–H groups in total. The fraction of sp³-hybridized carbons (Fsp3) is 0.111. The van der Waals surface area contributed by atoms with Gasteiger partial charge in [-0.15, -0.1) is 6.58 Å². The maximum atomic E-state index is 6.67. The van der Waals surface area contributed by atoms with Gasteiger partial charge in [-0.05, 0) is 101 Å². The summed E-state index contributed by atoms with van der Waals surface area (Å²) in [4.78, 5) is 0. The van der Waals surface area contributed by atoms with E-state index in [4.69, 9.17) is 4.74 Å². The summed E-state index contributed by atoms with van der Waals surface area (Å²) in [6.07, 6.45) is 10.8. The zero-order chi connectivity index (χ0) is 45.8. The minimum Gasteiger partial charge on any atom is -0.464 e. The van der Waals surface area contributed by atoms with Crippen LogP contribution in [0.5, 0.6) is 5.75 Å². The molecule has 66 heavy (non-hydrogen) atoms. The van der Waals surface area contributed by atoms with Crippen molar-refractivity contribution in [1.29, 1.82) is 0 Å². The summed E-state index contributed by atoms with van der Waals surface area (Å²) >= 11 is 0. The summed E-state index contributed by atoms with van der Waals surface area (Å²) in [5.74, 6) is 0.821. The Morgan fingerprint density at radius 3 is 1.61 bits per heavy atom. The van der Waals surface area contributed by atoms with Crippen molar-refractivity contribution in [3.8, 4) is 28.3 Å². The molecule has 0 amide bonds. The Labute approximate surface area is 389 Å². The summed E-state index contributed by atoms with van der Waals surface area (Å²) in [6.45, 7) is 18.0. The molecule has 12 rings (SSSR count). The van der Waals surface area contributed by atoms with E-state index in [0.29, 0.717) is 0 Å². The SMILES string of the molecule is C=C1/C=C\C=C/Oc2c1cccc2C1(c2ccc3c(c2)c2cc4c5ccccc5n(-c5ccccc5)c4cc2n3-c2ccccc2)c2ccccc2-c2ccccc21.C=CC.CC.CCC. The molecule has 1 aliphatic carbocycles. The van der Waals surface area contributed by atoms with Crippen LogP contribution in [0.25, 0.3) is 71.7 Å². The fourth-order valence-electron chi connectivity index (χ4n) is 10.0. The van der Waals surface area contributed by atoms with Crippen molar-refractivity contribution < 1.29 is 4.74 Å². The predicted octanol–water partition coefficient (Wildman–Crippen LogP) is 17.4. The van der Waals surface area contributed by atoms with Gasteiger partial charge in [0.1, 0.15) is 5.75 Å². The van der Waals surface area contributed by atoms with Crippen molar-refractivity contribution in [3.05, 3.63) is 254 Å². The third-order valence-electron chi connectivity index (χ3n) is 12.4. The molecule has 3 nitrogen and oxygen atoms in total. The monoisotopic (exact) mass is 856 g/mol. The Bertz CT molecular complexity index is 3410. The molecule has 8 aromatic carbocycles. The van der Waals surface area contributed by atoms with Crippen molar-refractivity contribution in [2.75, 3.05) is 0 Å². The molecule has 2 aromatic heterocycles. The van der Waals surface area contributed by atoms with Crippen molar-refractivity contribution in [2.24, 2.45) is 0 Å². The third kappa shape index (κ3) is 7.00. The lowest BCUT2D eigenvalue weighted by molar-refractivity contribution is 0.466. The number of allylic oxidation sites excluding steroid dienone is 5. The number of rotatable bonds is 4. The van der Waals surface area contributed by atoms with Crippen LogP contribution in [0.2, 0.25) is 0 Å². The number of aromatic nitrogens is 2. The summed E-state index contributed by atoms with van der Waals surface area (Å²) in [7, 11) is 0. The van der Waals surface area contributed by atoms with Gasteiger partial charge in [0, 0.05) is 44.0 Å². The number of hydrogen-bond donors (Lipinski definition) is 0. The van der Waals surface area contributed by atoms with Gasteiger partial charge in [-0.2, -0.15) is 0 Å². The van der Waals surface area contributed by atoms with Crippen molar-refractivity contribution in [3.63, 3.8) is 0 Å². The highest BCUT2D eigenvalue weighted by Gasteiger charge is 2.48. The largest absolute Gasteiger partial charge is 0.464 e. The molecule has 10 aromatic rings. The number of fused-ring (bicyclic) bond motifs is 10. The molecule has 0 fully saturated rings. The third-order valence-corrected chi connectivity index (χ3v) is 12.4. The molecule has 0 radical (unpaired) electrons. The van der Waals surface area contributed by atoms with Gasteiger partial charge >= 0.3 is 0 Å². The lowest BCUT2D eigenvalue weighted by atomic mass is 9.66. The summed E-state index contributed by atoms with van der Waals surface area (Å²) in [5, 5.41) is 4.87. The molecule has 1 aliphatic heterocycles. The predicted molar refractivity (Wildman–Crippen MR) is 284 cm³/mol. The van der Waals surface area contributed by atoms with Crippen LogP contribution in [0.3, 0.4) is 0 Å². The van der Waals surface area contributed by atoms with Crippen molar-refractivity contribution >= 4 is 49.2 Å². The van der Waals surface area contributed by atoms with Crippen LogP contribution in [0, 0.1) is 0 Å². The summed E-state index contributed by atoms with van der Waals surface area (Å²) < 4.78 is 11.5. The van der Waals surface area contributed by atoms with Crippen molar-refractivity contribution in [1.82, 2.24) is 9.13 Å². The van der Waals surface area contributed by atoms with E-state index in [1.165, 1.54) is 66.8 Å². The van der Waals surface area contributed by atoms with Gasteiger partial charge in [0.25, 0.3) is 0 Å². The van der Waals surface area contributed by atoms with E-state index >= 15 is 0 Å². The number of hydrogen-bond acceptors (Lipinski definition) is 1. The lowest BCUT2D eigenvalue weighted by Gasteiger charge is -2.35. The van der Waals surface area contributed by atoms with Crippen LogP contribution >= 0.6 is 0 Å². The van der Waals surface area contributed by atoms with Crippen molar-refractivity contribution in [2.45, 2.75) is 46.5 Å². The molecule has 0 saturated carbocycles. The molecule has 0 atom stereocenters. The van der Waals surface area contributed by atoms with Gasteiger partial charge in [0.05, 0.1) is 33.7 Å². The highest BCUT2D eigenvalue weighted by molar-refractivity contribution is 6.19.